The van der Waals surface area contributed by atoms with Crippen LogP contribution in [0.2, 0.25) is 0 Å². The van der Waals surface area contributed by atoms with E-state index in [1.165, 1.54) is 19.3 Å². The van der Waals surface area contributed by atoms with Crippen LogP contribution in [-0.4, -0.2) is 58.9 Å². The number of aryl methyl sites for hydroxylation is 1. The average Bonchev–Trinajstić information content (AvgIpc) is 2.73. The predicted molar refractivity (Wildman–Crippen MR) is 57.5 cm³/mol. The molecule has 0 aliphatic rings. The molecule has 0 saturated carbocycles. The van der Waals surface area contributed by atoms with Gasteiger partial charge in [-0.3, -0.25) is 4.68 Å². The summed E-state index contributed by atoms with van der Waals surface area (Å²) in [4.78, 5) is 0. The van der Waals surface area contributed by atoms with E-state index in [1.54, 1.807) is 0 Å². The minimum absolute atomic E-state index is 0.128. The maximum absolute atomic E-state index is 11.9. The van der Waals surface area contributed by atoms with E-state index in [1.807, 2.05) is 0 Å². The van der Waals surface area contributed by atoms with Gasteiger partial charge < -0.3 is 15.3 Å². The summed E-state index contributed by atoms with van der Waals surface area (Å²) in [5.74, 6) is 0. The summed E-state index contributed by atoms with van der Waals surface area (Å²) in [7, 11) is -2.53. The molecule has 0 bridgehead atoms. The summed E-state index contributed by atoms with van der Waals surface area (Å²) >= 11 is 0. The van der Waals surface area contributed by atoms with Gasteiger partial charge in [0.2, 0.25) is 0 Å². The van der Waals surface area contributed by atoms with E-state index in [-0.39, 0.29) is 5.03 Å². The first-order valence-corrected chi connectivity index (χ1v) is 6.24. The van der Waals surface area contributed by atoms with Gasteiger partial charge in [-0.15, -0.1) is 0 Å². The molecule has 8 nitrogen and oxygen atoms in total. The molecule has 0 aliphatic heterocycles. The molecule has 98 valence electrons. The van der Waals surface area contributed by atoms with Gasteiger partial charge in [0.1, 0.15) is 5.54 Å². The first-order valence-electron chi connectivity index (χ1n) is 4.75. The highest BCUT2D eigenvalue weighted by molar-refractivity contribution is 7.89. The second kappa shape index (κ2) is 5.10. The van der Waals surface area contributed by atoms with Crippen LogP contribution in [0.3, 0.4) is 0 Å². The molecule has 0 atom stereocenters. The summed E-state index contributed by atoms with van der Waals surface area (Å²) in [6.45, 7) is -2.18. The molecule has 1 aromatic rings. The topological polar surface area (TPSA) is 125 Å². The molecule has 9 heteroatoms. The van der Waals surface area contributed by atoms with Gasteiger partial charge in [-0.1, -0.05) is 0 Å². The summed E-state index contributed by atoms with van der Waals surface area (Å²) < 4.78 is 27.0. The van der Waals surface area contributed by atoms with Gasteiger partial charge >= 0.3 is 0 Å². The molecule has 0 spiro atoms. The monoisotopic (exact) mass is 265 g/mol. The van der Waals surface area contributed by atoms with Crippen LogP contribution < -0.4 is 4.72 Å². The summed E-state index contributed by atoms with van der Waals surface area (Å²) in [6, 6.07) is 1.26. The third-order valence-electron chi connectivity index (χ3n) is 2.31. The zero-order valence-electron chi connectivity index (χ0n) is 9.24. The molecule has 1 heterocycles. The fourth-order valence-electron chi connectivity index (χ4n) is 1.21. The van der Waals surface area contributed by atoms with Gasteiger partial charge in [-0.05, 0) is 6.07 Å². The third kappa shape index (κ3) is 2.82. The largest absolute Gasteiger partial charge is 0.394 e. The van der Waals surface area contributed by atoms with Gasteiger partial charge in [0, 0.05) is 7.05 Å². The van der Waals surface area contributed by atoms with Gasteiger partial charge in [0.25, 0.3) is 10.0 Å². The average molecular weight is 265 g/mol. The van der Waals surface area contributed by atoms with Crippen LogP contribution in [0.1, 0.15) is 0 Å². The standard InChI is InChI=1S/C8H15N3O5S/c1-11-7(2-3-9-11)17(15,16)10-8(4-12,5-13)6-14/h2-3,10,12-14H,4-6H2,1H3. The molecule has 0 aromatic carbocycles. The van der Waals surface area contributed by atoms with Crippen molar-refractivity contribution in [3.05, 3.63) is 12.3 Å². The number of nitrogens with one attached hydrogen (secondary N) is 1. The Morgan fingerprint density at radius 2 is 1.88 bits per heavy atom. The number of hydrogen-bond donors (Lipinski definition) is 4. The summed E-state index contributed by atoms with van der Waals surface area (Å²) in [5.41, 5.74) is -1.69. The molecular formula is C8H15N3O5S. The number of aliphatic hydroxyl groups is 3. The van der Waals surface area contributed by atoms with Crippen molar-refractivity contribution in [2.24, 2.45) is 7.05 Å². The maximum atomic E-state index is 11.9. The zero-order valence-corrected chi connectivity index (χ0v) is 10.1. The number of aromatic nitrogens is 2. The fraction of sp³-hybridized carbons (Fsp3) is 0.625. The van der Waals surface area contributed by atoms with Crippen molar-refractivity contribution in [3.63, 3.8) is 0 Å². The minimum atomic E-state index is -3.97. The van der Waals surface area contributed by atoms with Crippen LogP contribution in [0.5, 0.6) is 0 Å². The number of rotatable bonds is 6. The molecule has 17 heavy (non-hydrogen) atoms. The minimum Gasteiger partial charge on any atom is -0.394 e. The Morgan fingerprint density at radius 1 is 1.35 bits per heavy atom. The lowest BCUT2D eigenvalue weighted by atomic mass is 10.1. The zero-order chi connectivity index (χ0) is 13.1. The van der Waals surface area contributed by atoms with E-state index < -0.39 is 35.4 Å². The van der Waals surface area contributed by atoms with Crippen LogP contribution in [0.25, 0.3) is 0 Å². The van der Waals surface area contributed by atoms with Gasteiger partial charge in [0.15, 0.2) is 5.03 Å². The van der Waals surface area contributed by atoms with Crippen LogP contribution in [0, 0.1) is 0 Å². The highest BCUT2D eigenvalue weighted by atomic mass is 32.2. The number of hydrogen-bond acceptors (Lipinski definition) is 6. The Hall–Kier alpha value is -1.00. The molecular weight excluding hydrogens is 250 g/mol. The first kappa shape index (κ1) is 14.1. The van der Waals surface area contributed by atoms with Crippen molar-refractivity contribution in [2.45, 2.75) is 10.6 Å². The molecule has 0 amide bonds. The summed E-state index contributed by atoms with van der Waals surface area (Å²) in [5, 5.41) is 30.7. The number of sulfonamides is 1. The molecule has 1 rings (SSSR count). The Labute approximate surface area is 98.6 Å². The smallest absolute Gasteiger partial charge is 0.258 e. The Balaban J connectivity index is 3.05. The Bertz CT molecular complexity index is 457. The van der Waals surface area contributed by atoms with Crippen molar-refractivity contribution in [3.8, 4) is 0 Å². The lowest BCUT2D eigenvalue weighted by molar-refractivity contribution is 0.0581. The second-order valence-electron chi connectivity index (χ2n) is 3.65. The predicted octanol–water partition coefficient (Wildman–Crippen LogP) is -2.59. The van der Waals surface area contributed by atoms with Gasteiger partial charge in [0.05, 0.1) is 26.0 Å². The summed E-state index contributed by atoms with van der Waals surface area (Å²) in [6.07, 6.45) is 1.30. The van der Waals surface area contributed by atoms with Crippen molar-refractivity contribution < 1.29 is 23.7 Å². The third-order valence-corrected chi connectivity index (χ3v) is 3.96. The number of nitrogens with zero attached hydrogens (tertiary/aromatic N) is 2. The Morgan fingerprint density at radius 3 is 2.24 bits per heavy atom. The highest BCUT2D eigenvalue weighted by Crippen LogP contribution is 2.11. The van der Waals surface area contributed by atoms with Gasteiger partial charge in [-0.25, -0.2) is 8.42 Å². The quantitative estimate of drug-likeness (QED) is 0.447. The number of aliphatic hydroxyl groups excluding tert-OH is 3. The second-order valence-corrected chi connectivity index (χ2v) is 5.28. The fourth-order valence-corrected chi connectivity index (χ4v) is 2.71. The molecule has 0 aliphatic carbocycles. The first-order chi connectivity index (χ1) is 7.90. The van der Waals surface area contributed by atoms with Crippen molar-refractivity contribution in [2.75, 3.05) is 19.8 Å². The SMILES string of the molecule is Cn1nccc1S(=O)(=O)NC(CO)(CO)CO. The van der Waals surface area contributed by atoms with Crippen LogP contribution in [-0.2, 0) is 17.1 Å². The van der Waals surface area contributed by atoms with E-state index in [4.69, 9.17) is 15.3 Å². The highest BCUT2D eigenvalue weighted by Gasteiger charge is 2.34. The van der Waals surface area contributed by atoms with E-state index in [2.05, 4.69) is 9.82 Å². The van der Waals surface area contributed by atoms with Crippen LogP contribution in [0.4, 0.5) is 0 Å². The molecule has 0 saturated heterocycles. The van der Waals surface area contributed by atoms with Crippen molar-refractivity contribution in [1.82, 2.24) is 14.5 Å². The Kier molecular flexibility index (Phi) is 4.22. The van der Waals surface area contributed by atoms with Gasteiger partial charge in [-0.2, -0.15) is 9.82 Å². The van der Waals surface area contributed by atoms with Crippen LogP contribution >= 0.6 is 0 Å². The van der Waals surface area contributed by atoms with Crippen LogP contribution in [0.15, 0.2) is 17.3 Å². The van der Waals surface area contributed by atoms with E-state index in [9.17, 15) is 8.42 Å². The molecule has 0 radical (unpaired) electrons. The van der Waals surface area contributed by atoms with E-state index in [0.717, 1.165) is 4.68 Å². The van der Waals surface area contributed by atoms with Crippen molar-refractivity contribution >= 4 is 10.0 Å². The van der Waals surface area contributed by atoms with E-state index >= 15 is 0 Å². The lowest BCUT2D eigenvalue weighted by Gasteiger charge is -2.28. The molecule has 1 aromatic heterocycles. The maximum Gasteiger partial charge on any atom is 0.258 e. The van der Waals surface area contributed by atoms with Crippen molar-refractivity contribution in [1.29, 1.82) is 0 Å². The lowest BCUT2D eigenvalue weighted by Crippen LogP contribution is -2.57. The molecule has 0 unspecified atom stereocenters. The molecule has 4 N–H and O–H groups in total. The normalized spacial score (nSPS) is 12.9. The van der Waals surface area contributed by atoms with E-state index in [0.29, 0.717) is 0 Å². The molecule has 0 fully saturated rings.